The van der Waals surface area contributed by atoms with Gasteiger partial charge in [0.05, 0.1) is 0 Å². The van der Waals surface area contributed by atoms with Gasteiger partial charge in [0.1, 0.15) is 6.10 Å². The van der Waals surface area contributed by atoms with Crippen LogP contribution in [0.4, 0.5) is 0 Å². The second kappa shape index (κ2) is 8.57. The predicted octanol–water partition coefficient (Wildman–Crippen LogP) is 4.32. The van der Waals surface area contributed by atoms with Crippen LogP contribution in [0.5, 0.6) is 0 Å². The van der Waals surface area contributed by atoms with Gasteiger partial charge in [-0.15, -0.1) is 0 Å². The summed E-state index contributed by atoms with van der Waals surface area (Å²) in [7, 11) is 0. The fraction of sp³-hybridized carbons (Fsp3) is 0.348. The molecule has 0 atom stereocenters. The molecule has 0 spiro atoms. The molecule has 0 unspecified atom stereocenters. The van der Waals surface area contributed by atoms with Crippen LogP contribution in [0.25, 0.3) is 22.8 Å². The van der Waals surface area contributed by atoms with Crippen LogP contribution < -0.4 is 5.32 Å². The van der Waals surface area contributed by atoms with E-state index < -0.39 is 0 Å². The maximum absolute atomic E-state index is 10.3. The highest BCUT2D eigenvalue weighted by Gasteiger charge is 2.29. The van der Waals surface area contributed by atoms with Crippen molar-refractivity contribution in [3.63, 3.8) is 0 Å². The summed E-state index contributed by atoms with van der Waals surface area (Å²) in [6.07, 6.45) is 1.82. The van der Waals surface area contributed by atoms with Gasteiger partial charge in [-0.1, -0.05) is 55.4 Å². The summed E-state index contributed by atoms with van der Waals surface area (Å²) in [4.78, 5) is 14.8. The Balaban J connectivity index is 1.35. The van der Waals surface area contributed by atoms with E-state index in [0.29, 0.717) is 30.1 Å². The molecule has 3 aromatic rings. The van der Waals surface area contributed by atoms with Crippen LogP contribution in [0.1, 0.15) is 43.7 Å². The smallest absolute Gasteiger partial charge is 0.293 e. The summed E-state index contributed by atoms with van der Waals surface area (Å²) in [5.74, 6) is 1.60. The highest BCUT2D eigenvalue weighted by Crippen LogP contribution is 2.25. The first-order valence-corrected chi connectivity index (χ1v) is 9.98. The van der Waals surface area contributed by atoms with Crippen molar-refractivity contribution in [2.45, 2.75) is 51.3 Å². The summed E-state index contributed by atoms with van der Waals surface area (Å²) in [5, 5.41) is 7.60. The lowest BCUT2D eigenvalue weighted by molar-refractivity contribution is -0.138. The van der Waals surface area contributed by atoms with E-state index >= 15 is 0 Å². The lowest BCUT2D eigenvalue weighted by Crippen LogP contribution is -2.44. The Morgan fingerprint density at radius 1 is 1.10 bits per heavy atom. The third-order valence-electron chi connectivity index (χ3n) is 5.40. The van der Waals surface area contributed by atoms with Crippen LogP contribution in [0.3, 0.4) is 0 Å². The highest BCUT2D eigenvalue weighted by atomic mass is 16.5. The average Bonchev–Trinajstić information content (AvgIpc) is 3.20. The lowest BCUT2D eigenvalue weighted by atomic mass is 9.89. The van der Waals surface area contributed by atoms with E-state index in [1.165, 1.54) is 11.1 Å². The molecule has 29 heavy (non-hydrogen) atoms. The van der Waals surface area contributed by atoms with Gasteiger partial charge in [0, 0.05) is 23.7 Å². The zero-order valence-corrected chi connectivity index (χ0v) is 16.7. The molecule has 0 aliphatic heterocycles. The van der Waals surface area contributed by atoms with Gasteiger partial charge in [-0.25, -0.2) is 0 Å². The molecule has 1 aromatic heterocycles. The number of benzene rings is 2. The van der Waals surface area contributed by atoms with Gasteiger partial charge in [0.25, 0.3) is 12.4 Å². The number of aromatic nitrogens is 2. The normalized spacial score (nSPS) is 18.4. The Hall–Kier alpha value is -2.99. The van der Waals surface area contributed by atoms with Crippen LogP contribution >= 0.6 is 0 Å². The minimum Gasteiger partial charge on any atom is -0.464 e. The largest absolute Gasteiger partial charge is 0.464 e. The van der Waals surface area contributed by atoms with Crippen molar-refractivity contribution in [2.75, 3.05) is 0 Å². The summed E-state index contributed by atoms with van der Waals surface area (Å²) in [6, 6.07) is 16.8. The van der Waals surface area contributed by atoms with Gasteiger partial charge in [0.15, 0.2) is 0 Å². The van der Waals surface area contributed by atoms with Crippen molar-refractivity contribution in [2.24, 2.45) is 0 Å². The Bertz CT molecular complexity index is 942. The van der Waals surface area contributed by atoms with E-state index in [1.54, 1.807) is 0 Å². The second-order valence-corrected chi connectivity index (χ2v) is 7.80. The SMILES string of the molecule is CC(C)c1ccc(-c2nc(-c3ccc(CNC4CC(OC=O)C4)cc3)no2)cc1. The van der Waals surface area contributed by atoms with Crippen molar-refractivity contribution in [1.82, 2.24) is 15.5 Å². The third kappa shape index (κ3) is 4.54. The molecule has 1 aliphatic carbocycles. The van der Waals surface area contributed by atoms with Crippen molar-refractivity contribution >= 4 is 6.47 Å². The van der Waals surface area contributed by atoms with Crippen molar-refractivity contribution < 1.29 is 14.1 Å². The van der Waals surface area contributed by atoms with Crippen LogP contribution in [0, 0.1) is 0 Å². The molecule has 150 valence electrons. The lowest BCUT2D eigenvalue weighted by Gasteiger charge is -2.34. The van der Waals surface area contributed by atoms with Gasteiger partial charge in [-0.3, -0.25) is 4.79 Å². The molecule has 0 bridgehead atoms. The molecular formula is C23H25N3O3. The molecule has 1 heterocycles. The average molecular weight is 391 g/mol. The van der Waals surface area contributed by atoms with E-state index in [4.69, 9.17) is 9.26 Å². The Morgan fingerprint density at radius 3 is 2.45 bits per heavy atom. The fourth-order valence-electron chi connectivity index (χ4n) is 3.42. The second-order valence-electron chi connectivity index (χ2n) is 7.80. The number of hydrogen-bond donors (Lipinski definition) is 1. The first-order chi connectivity index (χ1) is 14.1. The molecule has 0 radical (unpaired) electrons. The first kappa shape index (κ1) is 19.3. The van der Waals surface area contributed by atoms with Crippen molar-refractivity contribution in [3.8, 4) is 22.8 Å². The molecular weight excluding hydrogens is 366 g/mol. The van der Waals surface area contributed by atoms with E-state index in [-0.39, 0.29) is 6.10 Å². The van der Waals surface area contributed by atoms with Crippen LogP contribution in [-0.2, 0) is 16.1 Å². The van der Waals surface area contributed by atoms with Gasteiger partial charge in [-0.2, -0.15) is 4.98 Å². The number of nitrogens with zero attached hydrogens (tertiary/aromatic N) is 2. The fourth-order valence-corrected chi connectivity index (χ4v) is 3.42. The van der Waals surface area contributed by atoms with Crippen LogP contribution in [0.15, 0.2) is 53.1 Å². The van der Waals surface area contributed by atoms with Crippen molar-refractivity contribution in [3.05, 3.63) is 59.7 Å². The Morgan fingerprint density at radius 2 is 1.79 bits per heavy atom. The predicted molar refractivity (Wildman–Crippen MR) is 110 cm³/mol. The minimum atomic E-state index is 0.0707. The van der Waals surface area contributed by atoms with Crippen LogP contribution in [-0.4, -0.2) is 28.8 Å². The molecule has 6 nitrogen and oxygen atoms in total. The maximum atomic E-state index is 10.3. The maximum Gasteiger partial charge on any atom is 0.293 e. The standard InChI is InChI=1S/C23H25N3O3/c1-15(2)17-7-9-19(10-8-17)23-25-22(26-29-23)18-5-3-16(4-6-18)13-24-20-11-21(12-20)28-14-27/h3-10,14-15,20-21,24H,11-13H2,1-2H3. The Kier molecular flexibility index (Phi) is 5.71. The topological polar surface area (TPSA) is 77.3 Å². The van der Waals surface area contributed by atoms with Crippen molar-refractivity contribution in [1.29, 1.82) is 0 Å². The minimum absolute atomic E-state index is 0.0707. The van der Waals surface area contributed by atoms with Gasteiger partial charge >= 0.3 is 0 Å². The van der Waals surface area contributed by atoms with E-state index in [9.17, 15) is 4.79 Å². The van der Waals surface area contributed by atoms with Crippen LogP contribution in [0.2, 0.25) is 0 Å². The van der Waals surface area contributed by atoms with Gasteiger partial charge in [-0.05, 0) is 42.0 Å². The zero-order valence-electron chi connectivity index (χ0n) is 16.7. The number of hydrogen-bond acceptors (Lipinski definition) is 6. The van der Waals surface area contributed by atoms with Gasteiger partial charge in [0.2, 0.25) is 5.82 Å². The van der Waals surface area contributed by atoms with E-state index in [0.717, 1.165) is 30.5 Å². The summed E-state index contributed by atoms with van der Waals surface area (Å²) in [6.45, 7) is 5.65. The molecule has 6 heteroatoms. The zero-order chi connectivity index (χ0) is 20.2. The molecule has 0 amide bonds. The molecule has 0 saturated heterocycles. The third-order valence-corrected chi connectivity index (χ3v) is 5.40. The molecule has 4 rings (SSSR count). The summed E-state index contributed by atoms with van der Waals surface area (Å²) < 4.78 is 10.4. The first-order valence-electron chi connectivity index (χ1n) is 9.98. The number of carbonyl (C=O) groups excluding carboxylic acids is 1. The molecule has 2 aromatic carbocycles. The molecule has 1 fully saturated rings. The number of nitrogens with one attached hydrogen (secondary N) is 1. The number of ether oxygens (including phenoxy) is 1. The molecule has 1 saturated carbocycles. The Labute approximate surface area is 170 Å². The monoisotopic (exact) mass is 391 g/mol. The number of rotatable bonds is 8. The molecule has 1 N–H and O–H groups in total. The summed E-state index contributed by atoms with van der Waals surface area (Å²) in [5.41, 5.74) is 4.31. The highest BCUT2D eigenvalue weighted by molar-refractivity contribution is 5.60. The quantitative estimate of drug-likeness (QED) is 0.576. The number of carbonyl (C=O) groups is 1. The van der Waals surface area contributed by atoms with E-state index in [1.807, 2.05) is 24.3 Å². The van der Waals surface area contributed by atoms with Gasteiger partial charge < -0.3 is 14.6 Å². The molecule has 1 aliphatic rings. The van der Waals surface area contributed by atoms with E-state index in [2.05, 4.69) is 53.6 Å². The summed E-state index contributed by atoms with van der Waals surface area (Å²) >= 11 is 0.